The molecule has 0 aliphatic carbocycles. The molecule has 0 unspecified atom stereocenters. The molecule has 0 spiro atoms. The summed E-state index contributed by atoms with van der Waals surface area (Å²) in [5, 5.41) is 6.58. The van der Waals surface area contributed by atoms with Crippen LogP contribution in [0.4, 0.5) is 4.39 Å². The Balaban J connectivity index is 1.41. The Bertz CT molecular complexity index is 763. The van der Waals surface area contributed by atoms with E-state index in [0.717, 1.165) is 50.9 Å². The van der Waals surface area contributed by atoms with Crippen molar-refractivity contribution in [1.29, 1.82) is 0 Å². The maximum absolute atomic E-state index is 13.2. The lowest BCUT2D eigenvalue weighted by molar-refractivity contribution is 0.0389. The first-order valence-electron chi connectivity index (χ1n) is 9.36. The Morgan fingerprint density at radius 3 is 2.82 bits per heavy atom. The lowest BCUT2D eigenvalue weighted by atomic mass is 10.3. The van der Waals surface area contributed by atoms with Crippen LogP contribution in [0.3, 0.4) is 0 Å². The van der Waals surface area contributed by atoms with Gasteiger partial charge in [0.25, 0.3) is 0 Å². The van der Waals surface area contributed by atoms with Crippen molar-refractivity contribution in [3.63, 3.8) is 0 Å². The molecule has 0 atom stereocenters. The highest BCUT2D eigenvalue weighted by Crippen LogP contribution is 2.19. The third-order valence-electron chi connectivity index (χ3n) is 4.32. The first-order chi connectivity index (χ1) is 13.7. The van der Waals surface area contributed by atoms with E-state index < -0.39 is 0 Å². The predicted octanol–water partition coefficient (Wildman–Crippen LogP) is 2.01. The van der Waals surface area contributed by atoms with Crippen molar-refractivity contribution in [2.45, 2.75) is 6.54 Å². The summed E-state index contributed by atoms with van der Waals surface area (Å²) in [4.78, 5) is 10.9. The Labute approximate surface area is 164 Å². The molecule has 8 heteroatoms. The smallest absolute Gasteiger partial charge is 0.219 e. The number of ether oxygens (including phenoxy) is 2. The van der Waals surface area contributed by atoms with E-state index in [-0.39, 0.29) is 5.82 Å². The fourth-order valence-electron chi connectivity index (χ4n) is 2.79. The SMILES string of the molecule is CN=C(NCCN1CCOCC1)NCc1ccc(Oc2cccc(F)c2)nc1. The summed E-state index contributed by atoms with van der Waals surface area (Å²) in [6, 6.07) is 9.65. The van der Waals surface area contributed by atoms with Gasteiger partial charge in [-0.1, -0.05) is 12.1 Å². The largest absolute Gasteiger partial charge is 0.439 e. The van der Waals surface area contributed by atoms with Crippen LogP contribution in [0.15, 0.2) is 47.6 Å². The van der Waals surface area contributed by atoms with Crippen LogP contribution < -0.4 is 15.4 Å². The van der Waals surface area contributed by atoms with Gasteiger partial charge >= 0.3 is 0 Å². The molecule has 1 saturated heterocycles. The molecule has 28 heavy (non-hydrogen) atoms. The van der Waals surface area contributed by atoms with Gasteiger partial charge in [-0.3, -0.25) is 9.89 Å². The average Bonchev–Trinajstić information content (AvgIpc) is 2.72. The van der Waals surface area contributed by atoms with Crippen LogP contribution in [-0.2, 0) is 11.3 Å². The number of hydrogen-bond donors (Lipinski definition) is 2. The van der Waals surface area contributed by atoms with Crippen LogP contribution in [0.25, 0.3) is 0 Å². The Kier molecular flexibility index (Phi) is 7.57. The molecule has 0 saturated carbocycles. The Morgan fingerprint density at radius 2 is 2.11 bits per heavy atom. The van der Waals surface area contributed by atoms with Crippen molar-refractivity contribution >= 4 is 5.96 Å². The lowest BCUT2D eigenvalue weighted by Crippen LogP contribution is -2.44. The zero-order chi connectivity index (χ0) is 19.6. The summed E-state index contributed by atoms with van der Waals surface area (Å²) < 4.78 is 24.1. The van der Waals surface area contributed by atoms with Crippen LogP contribution in [-0.4, -0.2) is 62.3 Å². The second-order valence-electron chi connectivity index (χ2n) is 6.37. The van der Waals surface area contributed by atoms with Gasteiger partial charge in [0.2, 0.25) is 5.88 Å². The van der Waals surface area contributed by atoms with E-state index in [0.29, 0.717) is 18.2 Å². The number of nitrogens with one attached hydrogen (secondary N) is 2. The number of morpholine rings is 1. The standard InChI is InChI=1S/C20H26FN5O2/c1-22-20(23-7-8-26-9-11-27-12-10-26)25-15-16-5-6-19(24-14-16)28-18-4-2-3-17(21)13-18/h2-6,13-14H,7-12,15H2,1H3,(H2,22,23,25). The highest BCUT2D eigenvalue weighted by atomic mass is 19.1. The van der Waals surface area contributed by atoms with Crippen LogP contribution in [0.5, 0.6) is 11.6 Å². The third-order valence-corrected chi connectivity index (χ3v) is 4.32. The van der Waals surface area contributed by atoms with Crippen LogP contribution in [0, 0.1) is 5.82 Å². The lowest BCUT2D eigenvalue weighted by Gasteiger charge is -2.26. The number of pyridine rings is 1. The minimum atomic E-state index is -0.342. The molecule has 2 aromatic rings. The number of halogens is 1. The molecular weight excluding hydrogens is 361 g/mol. The van der Waals surface area contributed by atoms with Gasteiger partial charge < -0.3 is 20.1 Å². The molecule has 150 valence electrons. The second-order valence-corrected chi connectivity index (χ2v) is 6.37. The zero-order valence-electron chi connectivity index (χ0n) is 16.0. The van der Waals surface area contributed by atoms with E-state index in [1.807, 2.05) is 6.07 Å². The highest BCUT2D eigenvalue weighted by Gasteiger charge is 2.09. The maximum atomic E-state index is 13.2. The van der Waals surface area contributed by atoms with Crippen molar-refractivity contribution in [3.05, 3.63) is 54.0 Å². The molecule has 1 aliphatic heterocycles. The molecule has 1 aliphatic rings. The number of aromatic nitrogens is 1. The number of aliphatic imine (C=N–C) groups is 1. The van der Waals surface area contributed by atoms with Gasteiger partial charge in [-0.25, -0.2) is 9.37 Å². The van der Waals surface area contributed by atoms with Gasteiger partial charge in [0.1, 0.15) is 11.6 Å². The minimum absolute atomic E-state index is 0.342. The van der Waals surface area contributed by atoms with Crippen molar-refractivity contribution in [1.82, 2.24) is 20.5 Å². The average molecular weight is 387 g/mol. The molecular formula is C20H26FN5O2. The van der Waals surface area contributed by atoms with Crippen molar-refractivity contribution in [3.8, 4) is 11.6 Å². The topological polar surface area (TPSA) is 71.0 Å². The molecule has 2 N–H and O–H groups in total. The number of hydrogen-bond acceptors (Lipinski definition) is 5. The molecule has 3 rings (SSSR count). The highest BCUT2D eigenvalue weighted by molar-refractivity contribution is 5.79. The number of rotatable bonds is 7. The summed E-state index contributed by atoms with van der Waals surface area (Å²) in [5.74, 6) is 1.24. The van der Waals surface area contributed by atoms with Gasteiger partial charge in [0.15, 0.2) is 5.96 Å². The van der Waals surface area contributed by atoms with E-state index in [1.54, 1.807) is 31.4 Å². The second kappa shape index (κ2) is 10.6. The molecule has 0 bridgehead atoms. The Hall–Kier alpha value is -2.71. The van der Waals surface area contributed by atoms with Crippen molar-refractivity contribution in [2.24, 2.45) is 4.99 Å². The minimum Gasteiger partial charge on any atom is -0.439 e. The van der Waals surface area contributed by atoms with E-state index in [4.69, 9.17) is 9.47 Å². The summed E-state index contributed by atoms with van der Waals surface area (Å²) in [5.41, 5.74) is 0.989. The van der Waals surface area contributed by atoms with E-state index in [9.17, 15) is 4.39 Å². The van der Waals surface area contributed by atoms with Crippen LogP contribution in [0.1, 0.15) is 5.56 Å². The fraction of sp³-hybridized carbons (Fsp3) is 0.400. The van der Waals surface area contributed by atoms with E-state index in [2.05, 4.69) is 25.5 Å². The predicted molar refractivity (Wildman–Crippen MR) is 106 cm³/mol. The number of benzene rings is 1. The normalized spacial score (nSPS) is 15.3. The molecule has 1 aromatic heterocycles. The van der Waals surface area contributed by atoms with Crippen LogP contribution >= 0.6 is 0 Å². The molecule has 7 nitrogen and oxygen atoms in total. The maximum Gasteiger partial charge on any atom is 0.219 e. The van der Waals surface area contributed by atoms with Crippen LogP contribution in [0.2, 0.25) is 0 Å². The number of nitrogens with zero attached hydrogens (tertiary/aromatic N) is 3. The van der Waals surface area contributed by atoms with Gasteiger partial charge in [-0.15, -0.1) is 0 Å². The Morgan fingerprint density at radius 1 is 1.25 bits per heavy atom. The van der Waals surface area contributed by atoms with Gasteiger partial charge in [-0.2, -0.15) is 0 Å². The van der Waals surface area contributed by atoms with Gasteiger partial charge in [0.05, 0.1) is 13.2 Å². The van der Waals surface area contributed by atoms with E-state index in [1.165, 1.54) is 12.1 Å². The van der Waals surface area contributed by atoms with Gasteiger partial charge in [0, 0.05) is 58.1 Å². The molecule has 0 amide bonds. The van der Waals surface area contributed by atoms with Crippen molar-refractivity contribution in [2.75, 3.05) is 46.4 Å². The fourth-order valence-corrected chi connectivity index (χ4v) is 2.79. The first-order valence-corrected chi connectivity index (χ1v) is 9.36. The zero-order valence-corrected chi connectivity index (χ0v) is 16.0. The summed E-state index contributed by atoms with van der Waals surface area (Å²) >= 11 is 0. The monoisotopic (exact) mass is 387 g/mol. The third kappa shape index (κ3) is 6.47. The summed E-state index contributed by atoms with van der Waals surface area (Å²) in [6.45, 7) is 5.92. The molecule has 1 fully saturated rings. The molecule has 2 heterocycles. The van der Waals surface area contributed by atoms with Crippen molar-refractivity contribution < 1.29 is 13.9 Å². The van der Waals surface area contributed by atoms with Gasteiger partial charge in [-0.05, 0) is 17.7 Å². The summed E-state index contributed by atoms with van der Waals surface area (Å²) in [6.07, 6.45) is 1.72. The van der Waals surface area contributed by atoms with E-state index >= 15 is 0 Å². The molecule has 0 radical (unpaired) electrons. The quantitative estimate of drug-likeness (QED) is 0.560. The molecule has 1 aromatic carbocycles. The number of guanidine groups is 1. The first kappa shape index (κ1) is 20.0. The summed E-state index contributed by atoms with van der Waals surface area (Å²) in [7, 11) is 1.75.